The first-order valence-corrected chi connectivity index (χ1v) is 9.84. The van der Waals surface area contributed by atoms with Gasteiger partial charge in [-0.15, -0.1) is 11.3 Å². The lowest BCUT2D eigenvalue weighted by Gasteiger charge is -2.22. The van der Waals surface area contributed by atoms with Crippen LogP contribution in [-0.2, 0) is 17.6 Å². The molecular formula is C20H22N2O2S. The Morgan fingerprint density at radius 3 is 2.88 bits per heavy atom. The highest BCUT2D eigenvalue weighted by Gasteiger charge is 2.29. The van der Waals surface area contributed by atoms with Crippen LogP contribution in [0.25, 0.3) is 0 Å². The summed E-state index contributed by atoms with van der Waals surface area (Å²) in [6.45, 7) is 2.06. The van der Waals surface area contributed by atoms with Crippen LogP contribution in [-0.4, -0.2) is 17.9 Å². The number of fused-ring (bicyclic) bond motifs is 1. The number of nitrogens with zero attached hydrogens (tertiary/aromatic N) is 1. The molecule has 1 atom stereocenters. The highest BCUT2D eigenvalue weighted by molar-refractivity contribution is 7.12. The molecule has 2 amide bonds. The molecule has 1 aliphatic heterocycles. The van der Waals surface area contributed by atoms with Crippen molar-refractivity contribution in [2.45, 2.75) is 51.5 Å². The second kappa shape index (κ2) is 6.64. The first kappa shape index (κ1) is 16.3. The minimum atomic E-state index is -0.0360. The molecule has 1 aromatic carbocycles. The summed E-state index contributed by atoms with van der Waals surface area (Å²) in [5.41, 5.74) is 4.17. The van der Waals surface area contributed by atoms with Gasteiger partial charge in [-0.25, -0.2) is 0 Å². The molecule has 5 heteroatoms. The molecular weight excluding hydrogens is 332 g/mol. The molecule has 130 valence electrons. The van der Waals surface area contributed by atoms with Crippen molar-refractivity contribution in [1.82, 2.24) is 0 Å². The van der Waals surface area contributed by atoms with E-state index in [0.29, 0.717) is 6.42 Å². The number of hydrogen-bond acceptors (Lipinski definition) is 3. The normalized spacial score (nSPS) is 19.8. The van der Waals surface area contributed by atoms with Gasteiger partial charge in [0.25, 0.3) is 5.91 Å². The van der Waals surface area contributed by atoms with Gasteiger partial charge in [0.05, 0.1) is 4.88 Å². The Bertz CT molecular complexity index is 827. The standard InChI is InChI=1S/C20H22N2O2S/c1-13-9-10-18(23)22(13)16-7-4-6-15(11-16)21-20(24)19-17-8-3-2-5-14(17)12-25-19/h4,6-7,11-13H,2-3,5,8-10H2,1H3,(H,21,24). The smallest absolute Gasteiger partial charge is 0.266 e. The van der Waals surface area contributed by atoms with Crippen LogP contribution in [0.2, 0.25) is 0 Å². The second-order valence-corrected chi connectivity index (χ2v) is 7.81. The Morgan fingerprint density at radius 2 is 2.08 bits per heavy atom. The molecule has 2 heterocycles. The van der Waals surface area contributed by atoms with E-state index in [1.165, 1.54) is 17.5 Å². The molecule has 25 heavy (non-hydrogen) atoms. The molecule has 1 saturated heterocycles. The van der Waals surface area contributed by atoms with E-state index in [1.54, 1.807) is 11.3 Å². The van der Waals surface area contributed by atoms with Crippen molar-refractivity contribution < 1.29 is 9.59 Å². The van der Waals surface area contributed by atoms with E-state index in [4.69, 9.17) is 0 Å². The Hall–Kier alpha value is -2.14. The van der Waals surface area contributed by atoms with Gasteiger partial charge in [-0.3, -0.25) is 9.59 Å². The van der Waals surface area contributed by atoms with Gasteiger partial charge in [0.15, 0.2) is 0 Å². The molecule has 0 radical (unpaired) electrons. The average molecular weight is 354 g/mol. The number of amides is 2. The minimum Gasteiger partial charge on any atom is -0.321 e. The summed E-state index contributed by atoms with van der Waals surface area (Å²) in [5, 5.41) is 5.15. The predicted molar refractivity (Wildman–Crippen MR) is 102 cm³/mol. The first-order valence-electron chi connectivity index (χ1n) is 8.96. The Balaban J connectivity index is 1.55. The van der Waals surface area contributed by atoms with Crippen LogP contribution >= 0.6 is 11.3 Å². The van der Waals surface area contributed by atoms with Crippen LogP contribution in [0.15, 0.2) is 29.6 Å². The summed E-state index contributed by atoms with van der Waals surface area (Å²) in [4.78, 5) is 27.5. The third-order valence-corrected chi connectivity index (χ3v) is 6.25. The molecule has 1 aromatic heterocycles. The highest BCUT2D eigenvalue weighted by Crippen LogP contribution is 2.31. The number of nitrogens with one attached hydrogen (secondary N) is 1. The lowest BCUT2D eigenvalue weighted by molar-refractivity contribution is -0.117. The molecule has 4 nitrogen and oxygen atoms in total. The summed E-state index contributed by atoms with van der Waals surface area (Å²) >= 11 is 1.55. The van der Waals surface area contributed by atoms with Crippen molar-refractivity contribution in [1.29, 1.82) is 0 Å². The monoisotopic (exact) mass is 354 g/mol. The van der Waals surface area contributed by atoms with Gasteiger partial charge in [-0.1, -0.05) is 6.07 Å². The zero-order valence-corrected chi connectivity index (χ0v) is 15.2. The van der Waals surface area contributed by atoms with E-state index in [-0.39, 0.29) is 17.9 Å². The maximum atomic E-state index is 12.7. The van der Waals surface area contributed by atoms with Gasteiger partial charge in [-0.05, 0) is 73.7 Å². The maximum Gasteiger partial charge on any atom is 0.266 e. The van der Waals surface area contributed by atoms with Crippen molar-refractivity contribution >= 4 is 34.5 Å². The zero-order chi connectivity index (χ0) is 17.4. The third kappa shape index (κ3) is 3.09. The van der Waals surface area contributed by atoms with E-state index in [1.807, 2.05) is 29.2 Å². The van der Waals surface area contributed by atoms with Crippen molar-refractivity contribution in [2.24, 2.45) is 0 Å². The number of carbonyl (C=O) groups excluding carboxylic acids is 2. The molecule has 0 saturated carbocycles. The fourth-order valence-electron chi connectivity index (χ4n) is 3.86. The number of benzene rings is 1. The van der Waals surface area contributed by atoms with Gasteiger partial charge in [0, 0.05) is 23.8 Å². The van der Waals surface area contributed by atoms with Crippen molar-refractivity contribution in [3.05, 3.63) is 45.6 Å². The molecule has 0 bridgehead atoms. The molecule has 0 spiro atoms. The van der Waals surface area contributed by atoms with E-state index in [9.17, 15) is 9.59 Å². The lowest BCUT2D eigenvalue weighted by Crippen LogP contribution is -2.30. The largest absolute Gasteiger partial charge is 0.321 e. The summed E-state index contributed by atoms with van der Waals surface area (Å²) in [7, 11) is 0. The molecule has 1 unspecified atom stereocenters. The van der Waals surface area contributed by atoms with E-state index in [2.05, 4.69) is 17.6 Å². The summed E-state index contributed by atoms with van der Waals surface area (Å²) < 4.78 is 0. The lowest BCUT2D eigenvalue weighted by atomic mass is 9.94. The predicted octanol–water partition coefficient (Wildman–Crippen LogP) is 4.39. The number of rotatable bonds is 3. The van der Waals surface area contributed by atoms with Crippen molar-refractivity contribution in [2.75, 3.05) is 10.2 Å². The second-order valence-electron chi connectivity index (χ2n) is 6.93. The molecule has 1 fully saturated rings. The highest BCUT2D eigenvalue weighted by atomic mass is 32.1. The quantitative estimate of drug-likeness (QED) is 0.888. The van der Waals surface area contributed by atoms with Crippen LogP contribution in [0.3, 0.4) is 0 Å². The molecule has 2 aromatic rings. The number of anilines is 2. The number of carbonyl (C=O) groups is 2. The van der Waals surface area contributed by atoms with E-state index >= 15 is 0 Å². The van der Waals surface area contributed by atoms with Crippen LogP contribution in [0.4, 0.5) is 11.4 Å². The zero-order valence-electron chi connectivity index (χ0n) is 14.4. The number of hydrogen-bond donors (Lipinski definition) is 1. The van der Waals surface area contributed by atoms with Gasteiger partial charge in [0.1, 0.15) is 0 Å². The number of aryl methyl sites for hydroxylation is 1. The number of thiophene rings is 1. The van der Waals surface area contributed by atoms with Gasteiger partial charge < -0.3 is 10.2 Å². The SMILES string of the molecule is CC1CCC(=O)N1c1cccc(NC(=O)c2scc3c2CCCC3)c1. The van der Waals surface area contributed by atoms with Crippen LogP contribution in [0, 0.1) is 0 Å². The van der Waals surface area contributed by atoms with Crippen molar-refractivity contribution in [3.63, 3.8) is 0 Å². The summed E-state index contributed by atoms with van der Waals surface area (Å²) in [5.74, 6) is 0.120. The molecule has 1 aliphatic carbocycles. The van der Waals surface area contributed by atoms with Gasteiger partial charge >= 0.3 is 0 Å². The Morgan fingerprint density at radius 1 is 1.24 bits per heavy atom. The van der Waals surface area contributed by atoms with Gasteiger partial charge in [-0.2, -0.15) is 0 Å². The Kier molecular flexibility index (Phi) is 4.34. The minimum absolute atomic E-state index is 0.0360. The van der Waals surface area contributed by atoms with Gasteiger partial charge in [0.2, 0.25) is 5.91 Å². The third-order valence-electron chi connectivity index (χ3n) is 5.18. The van der Waals surface area contributed by atoms with E-state index in [0.717, 1.165) is 41.9 Å². The molecule has 4 rings (SSSR count). The van der Waals surface area contributed by atoms with Crippen LogP contribution < -0.4 is 10.2 Å². The van der Waals surface area contributed by atoms with E-state index < -0.39 is 0 Å². The topological polar surface area (TPSA) is 49.4 Å². The van der Waals surface area contributed by atoms with Crippen molar-refractivity contribution in [3.8, 4) is 0 Å². The molecule has 2 aliphatic rings. The fraction of sp³-hybridized carbons (Fsp3) is 0.400. The summed E-state index contributed by atoms with van der Waals surface area (Å²) in [6.07, 6.45) is 5.95. The maximum absolute atomic E-state index is 12.7. The molecule has 1 N–H and O–H groups in total. The summed E-state index contributed by atoms with van der Waals surface area (Å²) in [6, 6.07) is 7.82. The van der Waals surface area contributed by atoms with Crippen LogP contribution in [0.5, 0.6) is 0 Å². The Labute approximate surface area is 151 Å². The van der Waals surface area contributed by atoms with Crippen LogP contribution in [0.1, 0.15) is 53.4 Å². The fourth-order valence-corrected chi connectivity index (χ4v) is 4.91. The average Bonchev–Trinajstić information content (AvgIpc) is 3.18. The first-order chi connectivity index (χ1) is 12.1.